The van der Waals surface area contributed by atoms with Gasteiger partial charge in [-0.1, -0.05) is 42.5 Å². The van der Waals surface area contributed by atoms with Crippen molar-refractivity contribution in [1.29, 1.82) is 5.26 Å². The van der Waals surface area contributed by atoms with Crippen molar-refractivity contribution in [3.63, 3.8) is 0 Å². The number of hydrogen-bond acceptors (Lipinski definition) is 7. The van der Waals surface area contributed by atoms with E-state index < -0.39 is 11.9 Å². The lowest BCUT2D eigenvalue weighted by atomic mass is 10.1. The Balaban J connectivity index is 1.69. The Labute approximate surface area is 181 Å². The summed E-state index contributed by atoms with van der Waals surface area (Å²) in [5.74, 6) is -1.28. The Morgan fingerprint density at radius 2 is 1.71 bits per heavy atom. The number of fused-ring (bicyclic) bond motifs is 1. The molecule has 4 rings (SSSR count). The van der Waals surface area contributed by atoms with Crippen molar-refractivity contribution in [3.8, 4) is 6.07 Å². The van der Waals surface area contributed by atoms with Crippen molar-refractivity contribution in [2.45, 2.75) is 38.6 Å². The fourth-order valence-electron chi connectivity index (χ4n) is 3.82. The maximum atomic E-state index is 12.9. The molecule has 3 aromatic rings. The van der Waals surface area contributed by atoms with Crippen molar-refractivity contribution in [2.75, 3.05) is 18.0 Å². The number of nitriles is 1. The highest BCUT2D eigenvalue weighted by Crippen LogP contribution is 2.30. The minimum atomic E-state index is -1.18. The van der Waals surface area contributed by atoms with Gasteiger partial charge in [0.1, 0.15) is 12.3 Å². The molecule has 0 unspecified atom stereocenters. The molecular formula is C24H24N4O3. The smallest absolute Gasteiger partial charge is 0.330 e. The molecule has 0 radical (unpaired) electrons. The zero-order chi connectivity index (χ0) is 21.8. The van der Waals surface area contributed by atoms with E-state index in [-0.39, 0.29) is 18.8 Å². The quantitative estimate of drug-likeness (QED) is 0.587. The standard InChI is InChI=1S/C24H24N4O3/c1-16-13-28(14-17(2)31-16)23-22(26-20-10-6-7-11-21(20)27-23)19(12-25)24(29)30-15-18-8-4-3-5-9-18/h3-11,16-17,19H,13-15H2,1-2H3/t16-,17-,19+/m1/s1. The average Bonchev–Trinajstić information content (AvgIpc) is 2.78. The highest BCUT2D eigenvalue weighted by atomic mass is 16.5. The topological polar surface area (TPSA) is 88.3 Å². The number of para-hydroxylation sites is 2. The predicted octanol–water partition coefficient (Wildman–Crippen LogP) is 3.59. The first-order valence-corrected chi connectivity index (χ1v) is 10.3. The molecule has 0 spiro atoms. The van der Waals surface area contributed by atoms with Crippen molar-refractivity contribution in [3.05, 3.63) is 65.9 Å². The number of esters is 1. The summed E-state index contributed by atoms with van der Waals surface area (Å²) in [6, 6.07) is 18.9. The third-order valence-electron chi connectivity index (χ3n) is 5.16. The molecule has 0 saturated carbocycles. The molecule has 1 saturated heterocycles. The molecule has 7 nitrogen and oxygen atoms in total. The zero-order valence-corrected chi connectivity index (χ0v) is 17.6. The second-order valence-electron chi connectivity index (χ2n) is 7.74. The molecule has 0 amide bonds. The first-order chi connectivity index (χ1) is 15.0. The van der Waals surface area contributed by atoms with Crippen LogP contribution in [0.2, 0.25) is 0 Å². The Bertz CT molecular complexity index is 1100. The van der Waals surface area contributed by atoms with Gasteiger partial charge in [-0.3, -0.25) is 4.79 Å². The Morgan fingerprint density at radius 3 is 2.35 bits per heavy atom. The number of anilines is 1. The molecule has 7 heteroatoms. The van der Waals surface area contributed by atoms with E-state index >= 15 is 0 Å². The van der Waals surface area contributed by atoms with E-state index in [2.05, 4.69) is 11.1 Å². The number of rotatable bonds is 5. The van der Waals surface area contributed by atoms with Crippen molar-refractivity contribution in [2.24, 2.45) is 0 Å². The van der Waals surface area contributed by atoms with Gasteiger partial charge in [0.2, 0.25) is 0 Å². The van der Waals surface area contributed by atoms with Crippen molar-refractivity contribution < 1.29 is 14.3 Å². The minimum Gasteiger partial charge on any atom is -0.460 e. The van der Waals surface area contributed by atoms with Gasteiger partial charge >= 0.3 is 5.97 Å². The molecule has 2 aromatic carbocycles. The second-order valence-corrected chi connectivity index (χ2v) is 7.74. The fraction of sp³-hybridized carbons (Fsp3) is 0.333. The number of morpholine rings is 1. The lowest BCUT2D eigenvalue weighted by Crippen LogP contribution is -2.46. The predicted molar refractivity (Wildman–Crippen MR) is 116 cm³/mol. The number of hydrogen-bond donors (Lipinski definition) is 0. The minimum absolute atomic E-state index is 0.00422. The second kappa shape index (κ2) is 9.11. The van der Waals surface area contributed by atoms with E-state index in [0.717, 1.165) is 5.56 Å². The largest absolute Gasteiger partial charge is 0.460 e. The summed E-state index contributed by atoms with van der Waals surface area (Å²) in [6.45, 7) is 5.28. The number of carbonyl (C=O) groups excluding carboxylic acids is 1. The van der Waals surface area contributed by atoms with Crippen LogP contribution in [0.15, 0.2) is 54.6 Å². The maximum absolute atomic E-state index is 12.9. The van der Waals surface area contributed by atoms with Crippen LogP contribution in [0.25, 0.3) is 11.0 Å². The summed E-state index contributed by atoms with van der Waals surface area (Å²) in [7, 11) is 0. The summed E-state index contributed by atoms with van der Waals surface area (Å²) in [6.07, 6.45) is -0.00845. The summed E-state index contributed by atoms with van der Waals surface area (Å²) in [4.78, 5) is 24.4. The highest BCUT2D eigenvalue weighted by Gasteiger charge is 2.32. The van der Waals surface area contributed by atoms with Gasteiger partial charge in [-0.2, -0.15) is 5.26 Å². The fourth-order valence-corrected chi connectivity index (χ4v) is 3.82. The third kappa shape index (κ3) is 4.65. The van der Waals surface area contributed by atoms with Gasteiger partial charge in [0.05, 0.1) is 29.3 Å². The van der Waals surface area contributed by atoms with Crippen LogP contribution in [-0.4, -0.2) is 41.2 Å². The Morgan fingerprint density at radius 1 is 1.10 bits per heavy atom. The molecule has 2 heterocycles. The van der Waals surface area contributed by atoms with Gasteiger partial charge in [-0.25, -0.2) is 9.97 Å². The molecule has 31 heavy (non-hydrogen) atoms. The first kappa shape index (κ1) is 20.8. The van der Waals surface area contributed by atoms with Gasteiger partial charge in [0.25, 0.3) is 0 Å². The summed E-state index contributed by atoms with van der Waals surface area (Å²) in [5, 5.41) is 9.88. The van der Waals surface area contributed by atoms with E-state index in [1.807, 2.05) is 73.3 Å². The van der Waals surface area contributed by atoms with Crippen LogP contribution in [0.5, 0.6) is 0 Å². The number of ether oxygens (including phenoxy) is 2. The normalized spacial score (nSPS) is 19.6. The van der Waals surface area contributed by atoms with Crippen molar-refractivity contribution in [1.82, 2.24) is 9.97 Å². The van der Waals surface area contributed by atoms with Crippen LogP contribution in [0.1, 0.15) is 31.0 Å². The van der Waals surface area contributed by atoms with E-state index in [1.54, 1.807) is 0 Å². The van der Waals surface area contributed by atoms with Crippen LogP contribution in [0.4, 0.5) is 5.82 Å². The number of carbonyl (C=O) groups is 1. The van der Waals surface area contributed by atoms with Crippen LogP contribution in [0, 0.1) is 11.3 Å². The molecule has 0 bridgehead atoms. The van der Waals surface area contributed by atoms with Crippen LogP contribution in [-0.2, 0) is 20.9 Å². The van der Waals surface area contributed by atoms with Crippen LogP contribution in [0.3, 0.4) is 0 Å². The lowest BCUT2D eigenvalue weighted by Gasteiger charge is -2.37. The Hall–Kier alpha value is -3.50. The van der Waals surface area contributed by atoms with E-state index in [1.165, 1.54) is 0 Å². The van der Waals surface area contributed by atoms with Gasteiger partial charge in [0.15, 0.2) is 11.7 Å². The lowest BCUT2D eigenvalue weighted by molar-refractivity contribution is -0.145. The molecule has 1 aliphatic heterocycles. The first-order valence-electron chi connectivity index (χ1n) is 10.3. The highest BCUT2D eigenvalue weighted by molar-refractivity contribution is 5.85. The van der Waals surface area contributed by atoms with E-state index in [9.17, 15) is 10.1 Å². The molecule has 3 atom stereocenters. The van der Waals surface area contributed by atoms with Crippen LogP contribution >= 0.6 is 0 Å². The number of nitrogens with zero attached hydrogens (tertiary/aromatic N) is 4. The molecule has 1 aromatic heterocycles. The van der Waals surface area contributed by atoms with Gasteiger partial charge in [0, 0.05) is 13.1 Å². The number of aromatic nitrogens is 2. The van der Waals surface area contributed by atoms with Crippen molar-refractivity contribution >= 4 is 22.8 Å². The van der Waals surface area contributed by atoms with E-state index in [4.69, 9.17) is 14.5 Å². The SMILES string of the molecule is C[C@@H]1CN(c2nc3ccccc3nc2[C@H](C#N)C(=O)OCc2ccccc2)C[C@@H](C)O1. The maximum Gasteiger partial charge on any atom is 0.330 e. The molecule has 0 aliphatic carbocycles. The van der Waals surface area contributed by atoms with E-state index in [0.29, 0.717) is 35.6 Å². The third-order valence-corrected chi connectivity index (χ3v) is 5.16. The Kier molecular flexibility index (Phi) is 6.10. The molecule has 158 valence electrons. The molecule has 1 fully saturated rings. The van der Waals surface area contributed by atoms with Gasteiger partial charge < -0.3 is 14.4 Å². The number of benzene rings is 2. The summed E-state index contributed by atoms with van der Waals surface area (Å²) >= 11 is 0. The molecule has 0 N–H and O–H groups in total. The summed E-state index contributed by atoms with van der Waals surface area (Å²) in [5.41, 5.74) is 2.52. The van der Waals surface area contributed by atoms with Gasteiger partial charge in [-0.15, -0.1) is 0 Å². The van der Waals surface area contributed by atoms with Gasteiger partial charge in [-0.05, 0) is 31.5 Å². The monoisotopic (exact) mass is 416 g/mol. The molecular weight excluding hydrogens is 392 g/mol. The zero-order valence-electron chi connectivity index (χ0n) is 17.6. The average molecular weight is 416 g/mol. The summed E-state index contributed by atoms with van der Waals surface area (Å²) < 4.78 is 11.3. The molecule has 1 aliphatic rings. The van der Waals surface area contributed by atoms with Crippen LogP contribution < -0.4 is 4.90 Å².